The fraction of sp³-hybridized carbons (Fsp3) is 0.455. The first-order valence-electron chi connectivity index (χ1n) is 4.74. The maximum atomic E-state index is 5.42. The molecular formula is C11H18N2. The Labute approximate surface area is 80.1 Å². The Hall–Kier alpha value is -0.860. The minimum Gasteiger partial charge on any atom is -0.329 e. The summed E-state index contributed by atoms with van der Waals surface area (Å²) >= 11 is 0. The Morgan fingerprint density at radius 1 is 1.31 bits per heavy atom. The molecule has 0 spiro atoms. The molecule has 0 saturated heterocycles. The molecule has 1 aromatic rings. The van der Waals surface area contributed by atoms with Gasteiger partial charge in [-0.15, -0.1) is 0 Å². The Balaban J connectivity index is 2.55. The SMILES string of the molecule is Cc1ccc([C@H](C)NCCN)cc1. The van der Waals surface area contributed by atoms with Gasteiger partial charge in [-0.25, -0.2) is 0 Å². The van der Waals surface area contributed by atoms with Crippen LogP contribution < -0.4 is 11.1 Å². The fourth-order valence-electron chi connectivity index (χ4n) is 1.27. The van der Waals surface area contributed by atoms with E-state index in [1.165, 1.54) is 11.1 Å². The molecule has 0 bridgehead atoms. The molecule has 1 aromatic carbocycles. The minimum atomic E-state index is 0.393. The van der Waals surface area contributed by atoms with Crippen molar-refractivity contribution < 1.29 is 0 Å². The zero-order valence-electron chi connectivity index (χ0n) is 8.38. The van der Waals surface area contributed by atoms with Crippen LogP contribution in [-0.4, -0.2) is 13.1 Å². The topological polar surface area (TPSA) is 38.0 Å². The largest absolute Gasteiger partial charge is 0.329 e. The summed E-state index contributed by atoms with van der Waals surface area (Å²) in [6, 6.07) is 8.98. The molecule has 0 aromatic heterocycles. The van der Waals surface area contributed by atoms with Crippen LogP contribution in [0, 0.1) is 6.92 Å². The van der Waals surface area contributed by atoms with E-state index in [2.05, 4.69) is 43.4 Å². The summed E-state index contributed by atoms with van der Waals surface area (Å²) in [6.45, 7) is 5.81. The van der Waals surface area contributed by atoms with E-state index in [1.54, 1.807) is 0 Å². The van der Waals surface area contributed by atoms with Crippen LogP contribution in [0.4, 0.5) is 0 Å². The lowest BCUT2D eigenvalue weighted by molar-refractivity contribution is 0.582. The maximum absolute atomic E-state index is 5.42. The van der Waals surface area contributed by atoms with Gasteiger partial charge in [0.05, 0.1) is 0 Å². The minimum absolute atomic E-state index is 0.393. The van der Waals surface area contributed by atoms with Crippen molar-refractivity contribution in [1.82, 2.24) is 5.32 Å². The molecule has 0 fully saturated rings. The normalized spacial score (nSPS) is 12.8. The summed E-state index contributed by atoms with van der Waals surface area (Å²) in [7, 11) is 0. The second kappa shape index (κ2) is 5.00. The average Bonchev–Trinajstić information content (AvgIpc) is 2.15. The van der Waals surface area contributed by atoms with E-state index in [9.17, 15) is 0 Å². The average molecular weight is 178 g/mol. The van der Waals surface area contributed by atoms with E-state index in [0.717, 1.165) is 6.54 Å². The van der Waals surface area contributed by atoms with Gasteiger partial charge in [0.1, 0.15) is 0 Å². The summed E-state index contributed by atoms with van der Waals surface area (Å²) in [5, 5.41) is 3.34. The second-order valence-electron chi connectivity index (χ2n) is 3.38. The lowest BCUT2D eigenvalue weighted by atomic mass is 10.1. The smallest absolute Gasteiger partial charge is 0.0292 e. The molecule has 13 heavy (non-hydrogen) atoms. The highest BCUT2D eigenvalue weighted by molar-refractivity contribution is 5.23. The zero-order valence-corrected chi connectivity index (χ0v) is 8.38. The predicted octanol–water partition coefficient (Wildman–Crippen LogP) is 1.60. The van der Waals surface area contributed by atoms with Gasteiger partial charge in [-0.2, -0.15) is 0 Å². The number of hydrogen-bond acceptors (Lipinski definition) is 2. The Morgan fingerprint density at radius 3 is 2.46 bits per heavy atom. The van der Waals surface area contributed by atoms with Crippen LogP contribution >= 0.6 is 0 Å². The van der Waals surface area contributed by atoms with E-state index >= 15 is 0 Å². The predicted molar refractivity (Wildman–Crippen MR) is 56.7 cm³/mol. The first-order valence-corrected chi connectivity index (χ1v) is 4.74. The van der Waals surface area contributed by atoms with Gasteiger partial charge in [0.15, 0.2) is 0 Å². The molecule has 0 aliphatic heterocycles. The van der Waals surface area contributed by atoms with Gasteiger partial charge in [-0.1, -0.05) is 29.8 Å². The molecule has 1 atom stereocenters. The van der Waals surface area contributed by atoms with Crippen molar-refractivity contribution in [1.29, 1.82) is 0 Å². The summed E-state index contributed by atoms with van der Waals surface area (Å²) in [6.07, 6.45) is 0. The van der Waals surface area contributed by atoms with Crippen molar-refractivity contribution in [3.05, 3.63) is 35.4 Å². The third kappa shape index (κ3) is 3.17. The van der Waals surface area contributed by atoms with Crippen molar-refractivity contribution in [3.63, 3.8) is 0 Å². The van der Waals surface area contributed by atoms with Gasteiger partial charge in [-0.3, -0.25) is 0 Å². The zero-order chi connectivity index (χ0) is 9.68. The van der Waals surface area contributed by atoms with Crippen molar-refractivity contribution in [2.45, 2.75) is 19.9 Å². The highest BCUT2D eigenvalue weighted by atomic mass is 14.9. The fourth-order valence-corrected chi connectivity index (χ4v) is 1.27. The highest BCUT2D eigenvalue weighted by Gasteiger charge is 2.02. The monoisotopic (exact) mass is 178 g/mol. The van der Waals surface area contributed by atoms with Gasteiger partial charge in [0.2, 0.25) is 0 Å². The van der Waals surface area contributed by atoms with Crippen molar-refractivity contribution >= 4 is 0 Å². The number of benzene rings is 1. The molecule has 72 valence electrons. The first kappa shape index (κ1) is 10.2. The van der Waals surface area contributed by atoms with Crippen LogP contribution in [0.1, 0.15) is 24.1 Å². The summed E-state index contributed by atoms with van der Waals surface area (Å²) in [5.74, 6) is 0. The number of hydrogen-bond donors (Lipinski definition) is 2. The standard InChI is InChI=1S/C11H18N2/c1-9-3-5-11(6-4-9)10(2)13-8-7-12/h3-6,10,13H,7-8,12H2,1-2H3/t10-/m0/s1. The number of rotatable bonds is 4. The van der Waals surface area contributed by atoms with E-state index in [4.69, 9.17) is 5.73 Å². The van der Waals surface area contributed by atoms with E-state index < -0.39 is 0 Å². The van der Waals surface area contributed by atoms with Gasteiger partial charge in [0.25, 0.3) is 0 Å². The van der Waals surface area contributed by atoms with Gasteiger partial charge in [0, 0.05) is 19.1 Å². The number of aryl methyl sites for hydroxylation is 1. The molecule has 0 radical (unpaired) electrons. The third-order valence-electron chi connectivity index (χ3n) is 2.17. The maximum Gasteiger partial charge on any atom is 0.0292 e. The second-order valence-corrected chi connectivity index (χ2v) is 3.38. The van der Waals surface area contributed by atoms with Crippen LogP contribution in [0.25, 0.3) is 0 Å². The lowest BCUT2D eigenvalue weighted by Crippen LogP contribution is -2.25. The molecule has 0 amide bonds. The molecule has 3 N–H and O–H groups in total. The molecule has 1 rings (SSSR count). The van der Waals surface area contributed by atoms with Crippen molar-refractivity contribution in [2.75, 3.05) is 13.1 Å². The van der Waals surface area contributed by atoms with Crippen LogP contribution in [-0.2, 0) is 0 Å². The molecular weight excluding hydrogens is 160 g/mol. The summed E-state index contributed by atoms with van der Waals surface area (Å²) in [4.78, 5) is 0. The number of nitrogens with two attached hydrogens (primary N) is 1. The Bertz CT molecular complexity index is 241. The molecule has 0 unspecified atom stereocenters. The molecule has 0 aliphatic carbocycles. The van der Waals surface area contributed by atoms with Crippen LogP contribution in [0.5, 0.6) is 0 Å². The van der Waals surface area contributed by atoms with Gasteiger partial charge in [-0.05, 0) is 19.4 Å². The molecule has 0 saturated carbocycles. The van der Waals surface area contributed by atoms with E-state index in [1.807, 2.05) is 0 Å². The molecule has 0 heterocycles. The first-order chi connectivity index (χ1) is 6.24. The van der Waals surface area contributed by atoms with E-state index in [0.29, 0.717) is 12.6 Å². The van der Waals surface area contributed by atoms with Crippen molar-refractivity contribution in [3.8, 4) is 0 Å². The Morgan fingerprint density at radius 2 is 1.92 bits per heavy atom. The quantitative estimate of drug-likeness (QED) is 0.735. The molecule has 2 nitrogen and oxygen atoms in total. The number of nitrogens with one attached hydrogen (secondary N) is 1. The Kier molecular flexibility index (Phi) is 3.93. The molecule has 0 aliphatic rings. The van der Waals surface area contributed by atoms with Gasteiger partial charge < -0.3 is 11.1 Å². The van der Waals surface area contributed by atoms with Crippen LogP contribution in [0.3, 0.4) is 0 Å². The summed E-state index contributed by atoms with van der Waals surface area (Å²) < 4.78 is 0. The van der Waals surface area contributed by atoms with Crippen molar-refractivity contribution in [2.24, 2.45) is 5.73 Å². The third-order valence-corrected chi connectivity index (χ3v) is 2.17. The van der Waals surface area contributed by atoms with E-state index in [-0.39, 0.29) is 0 Å². The molecule has 2 heteroatoms. The lowest BCUT2D eigenvalue weighted by Gasteiger charge is -2.13. The van der Waals surface area contributed by atoms with Crippen LogP contribution in [0.2, 0.25) is 0 Å². The van der Waals surface area contributed by atoms with Crippen LogP contribution in [0.15, 0.2) is 24.3 Å². The summed E-state index contributed by atoms with van der Waals surface area (Å²) in [5.41, 5.74) is 8.04. The van der Waals surface area contributed by atoms with Gasteiger partial charge >= 0.3 is 0 Å². The highest BCUT2D eigenvalue weighted by Crippen LogP contribution is 2.12.